The van der Waals surface area contributed by atoms with Crippen molar-refractivity contribution in [3.05, 3.63) is 40.3 Å². The van der Waals surface area contributed by atoms with Crippen molar-refractivity contribution in [2.24, 2.45) is 0 Å². The second-order valence-electron chi connectivity index (χ2n) is 4.14. The molecule has 2 heterocycles. The molecule has 0 saturated heterocycles. The zero-order valence-electron chi connectivity index (χ0n) is 10.8. The molecule has 1 aromatic heterocycles. The van der Waals surface area contributed by atoms with E-state index in [1.807, 2.05) is 26.0 Å². The number of hydrogen-bond donors (Lipinski definition) is 3. The van der Waals surface area contributed by atoms with Gasteiger partial charge in [-0.2, -0.15) is 0 Å². The number of thiophene rings is 1. The number of carbonyl (C=O) groups excluding carboxylic acids is 1. The van der Waals surface area contributed by atoms with E-state index in [-0.39, 0.29) is 5.91 Å². The number of hydrogen-bond acceptors (Lipinski definition) is 4. The molecule has 0 unspecified atom stereocenters. The lowest BCUT2D eigenvalue weighted by Gasteiger charge is -2.16. The molecule has 1 aliphatic heterocycles. The largest absolute Gasteiger partial charge is 0.294 e. The monoisotopic (exact) mass is 273 g/mol. The number of fused-ring (bicyclic) bond motifs is 5. The summed E-state index contributed by atoms with van der Waals surface area (Å²) in [4.78, 5) is 13.2. The highest BCUT2D eigenvalue weighted by molar-refractivity contribution is 7.17. The fourth-order valence-electron chi connectivity index (χ4n) is 2.49. The minimum Gasteiger partial charge on any atom is -0.294 e. The third-order valence-corrected chi connectivity index (χ3v) is 4.30. The van der Waals surface area contributed by atoms with Gasteiger partial charge in [-0.05, 0) is 11.1 Å². The number of hydrazine groups is 2. The average Bonchev–Trinajstić information content (AvgIpc) is 2.96. The van der Waals surface area contributed by atoms with E-state index >= 15 is 0 Å². The van der Waals surface area contributed by atoms with Crippen LogP contribution >= 0.6 is 11.3 Å². The van der Waals surface area contributed by atoms with Crippen molar-refractivity contribution >= 4 is 22.2 Å². The Labute approximate surface area is 115 Å². The van der Waals surface area contributed by atoms with Crippen molar-refractivity contribution in [3.8, 4) is 11.1 Å². The molecular formula is C14H15N3OS. The van der Waals surface area contributed by atoms with Gasteiger partial charge in [0, 0.05) is 16.9 Å². The van der Waals surface area contributed by atoms with Crippen molar-refractivity contribution in [2.75, 3.05) is 5.43 Å². The van der Waals surface area contributed by atoms with Crippen LogP contribution in [0.1, 0.15) is 34.6 Å². The summed E-state index contributed by atoms with van der Waals surface area (Å²) in [5.74, 6) is -0.0621. The molecule has 0 fully saturated rings. The third kappa shape index (κ3) is 1.74. The Kier molecular flexibility index (Phi) is 3.00. The molecule has 98 valence electrons. The molecular weight excluding hydrogens is 258 g/mol. The highest BCUT2D eigenvalue weighted by atomic mass is 32.1. The number of anilines is 1. The SMILES string of the molecule is CC.O=C1NNNc2sc3c(c21)-c1ccccc1C3. The summed E-state index contributed by atoms with van der Waals surface area (Å²) in [6.07, 6.45) is 0.929. The van der Waals surface area contributed by atoms with Gasteiger partial charge in [-0.15, -0.1) is 16.9 Å². The second-order valence-corrected chi connectivity index (χ2v) is 5.25. The Hall–Kier alpha value is -1.85. The Morgan fingerprint density at radius 1 is 1.11 bits per heavy atom. The predicted molar refractivity (Wildman–Crippen MR) is 78.1 cm³/mol. The van der Waals surface area contributed by atoms with E-state index in [1.54, 1.807) is 11.3 Å². The van der Waals surface area contributed by atoms with Gasteiger partial charge in [0.1, 0.15) is 5.00 Å². The molecule has 2 aromatic rings. The van der Waals surface area contributed by atoms with Crippen molar-refractivity contribution < 1.29 is 4.79 Å². The van der Waals surface area contributed by atoms with E-state index < -0.39 is 0 Å². The molecule has 5 heteroatoms. The molecule has 0 bridgehead atoms. The normalized spacial score (nSPS) is 14.3. The van der Waals surface area contributed by atoms with E-state index in [2.05, 4.69) is 28.5 Å². The van der Waals surface area contributed by atoms with E-state index in [4.69, 9.17) is 0 Å². The molecule has 0 spiro atoms. The van der Waals surface area contributed by atoms with E-state index in [0.29, 0.717) is 0 Å². The highest BCUT2D eigenvalue weighted by Gasteiger charge is 2.31. The van der Waals surface area contributed by atoms with Crippen LogP contribution in [-0.4, -0.2) is 5.91 Å². The van der Waals surface area contributed by atoms with Gasteiger partial charge in [0.2, 0.25) is 0 Å². The van der Waals surface area contributed by atoms with E-state index in [1.165, 1.54) is 16.0 Å². The first-order valence-corrected chi connectivity index (χ1v) is 7.21. The van der Waals surface area contributed by atoms with Crippen molar-refractivity contribution in [2.45, 2.75) is 20.3 Å². The van der Waals surface area contributed by atoms with Crippen LogP contribution in [0.25, 0.3) is 11.1 Å². The minimum atomic E-state index is -0.0621. The number of rotatable bonds is 0. The van der Waals surface area contributed by atoms with Gasteiger partial charge < -0.3 is 0 Å². The summed E-state index contributed by atoms with van der Waals surface area (Å²) in [7, 11) is 0. The predicted octanol–water partition coefficient (Wildman–Crippen LogP) is 2.92. The van der Waals surface area contributed by atoms with Crippen LogP contribution in [0, 0.1) is 0 Å². The first kappa shape index (κ1) is 12.2. The molecule has 1 aromatic carbocycles. The average molecular weight is 273 g/mol. The lowest BCUT2D eigenvalue weighted by Crippen LogP contribution is -2.45. The van der Waals surface area contributed by atoms with Gasteiger partial charge in [0.25, 0.3) is 5.91 Å². The van der Waals surface area contributed by atoms with Crippen LogP contribution in [0.3, 0.4) is 0 Å². The standard InChI is InChI=1S/C12H9N3OS.C2H6/c16-11-10-9-7-4-2-1-3-6(7)5-8(9)17-12(10)14-15-13-11;1-2/h1-4,14-15H,5H2,(H,13,16);1-2H3. The summed E-state index contributed by atoms with van der Waals surface area (Å²) in [5, 5.41) is 0.910. The van der Waals surface area contributed by atoms with Crippen molar-refractivity contribution in [1.82, 2.24) is 11.0 Å². The number of benzene rings is 1. The van der Waals surface area contributed by atoms with Crippen LogP contribution < -0.4 is 16.4 Å². The van der Waals surface area contributed by atoms with Crippen molar-refractivity contribution in [1.29, 1.82) is 0 Å². The zero-order chi connectivity index (χ0) is 13.4. The molecule has 3 N–H and O–H groups in total. The highest BCUT2D eigenvalue weighted by Crippen LogP contribution is 2.47. The van der Waals surface area contributed by atoms with Gasteiger partial charge in [0.05, 0.1) is 5.56 Å². The first-order chi connectivity index (χ1) is 9.34. The summed E-state index contributed by atoms with van der Waals surface area (Å²) in [6, 6.07) is 8.27. The van der Waals surface area contributed by atoms with Crippen LogP contribution in [0.4, 0.5) is 5.00 Å². The van der Waals surface area contributed by atoms with Gasteiger partial charge in [-0.1, -0.05) is 38.1 Å². The van der Waals surface area contributed by atoms with Crippen LogP contribution in [0.2, 0.25) is 0 Å². The quantitative estimate of drug-likeness (QED) is 0.590. The Bertz CT molecular complexity index is 648. The lowest BCUT2D eigenvalue weighted by atomic mass is 10.0. The molecule has 1 amide bonds. The maximum atomic E-state index is 11.9. The second kappa shape index (κ2) is 4.68. The fourth-order valence-corrected chi connectivity index (χ4v) is 3.68. The maximum Gasteiger partial charge on any atom is 0.270 e. The van der Waals surface area contributed by atoms with Crippen LogP contribution in [-0.2, 0) is 6.42 Å². The molecule has 0 radical (unpaired) electrons. The van der Waals surface area contributed by atoms with Crippen LogP contribution in [0.15, 0.2) is 24.3 Å². The molecule has 0 saturated carbocycles. The van der Waals surface area contributed by atoms with Gasteiger partial charge >= 0.3 is 0 Å². The summed E-state index contributed by atoms with van der Waals surface area (Å²) < 4.78 is 0. The Morgan fingerprint density at radius 2 is 1.89 bits per heavy atom. The smallest absolute Gasteiger partial charge is 0.270 e. The van der Waals surface area contributed by atoms with Gasteiger partial charge in [-0.25, -0.2) is 0 Å². The third-order valence-electron chi connectivity index (χ3n) is 3.20. The molecule has 1 aliphatic carbocycles. The van der Waals surface area contributed by atoms with Gasteiger partial charge in [0.15, 0.2) is 0 Å². The summed E-state index contributed by atoms with van der Waals surface area (Å²) in [5.41, 5.74) is 12.6. The Balaban J connectivity index is 0.000000528. The molecule has 4 nitrogen and oxygen atoms in total. The van der Waals surface area contributed by atoms with E-state index in [9.17, 15) is 4.79 Å². The molecule has 2 aliphatic rings. The first-order valence-electron chi connectivity index (χ1n) is 6.40. The lowest BCUT2D eigenvalue weighted by molar-refractivity contribution is 0.0933. The summed E-state index contributed by atoms with van der Waals surface area (Å²) >= 11 is 1.65. The van der Waals surface area contributed by atoms with Crippen molar-refractivity contribution in [3.63, 3.8) is 0 Å². The fraction of sp³-hybridized carbons (Fsp3) is 0.214. The zero-order valence-corrected chi connectivity index (χ0v) is 11.6. The topological polar surface area (TPSA) is 53.2 Å². The number of carbonyl (C=O) groups is 1. The molecule has 0 atom stereocenters. The summed E-state index contributed by atoms with van der Waals surface area (Å²) in [6.45, 7) is 4.00. The molecule has 19 heavy (non-hydrogen) atoms. The van der Waals surface area contributed by atoms with E-state index in [0.717, 1.165) is 22.5 Å². The van der Waals surface area contributed by atoms with Gasteiger partial charge in [-0.3, -0.25) is 15.6 Å². The van der Waals surface area contributed by atoms with Crippen LogP contribution in [0.5, 0.6) is 0 Å². The molecule has 4 rings (SSSR count). The number of nitrogens with one attached hydrogen (secondary N) is 3. The number of amides is 1. The maximum absolute atomic E-state index is 11.9. The minimum absolute atomic E-state index is 0.0621. The Morgan fingerprint density at radius 3 is 2.74 bits per heavy atom.